The number of rotatable bonds is 3. The second-order valence-corrected chi connectivity index (χ2v) is 4.35. The Morgan fingerprint density at radius 1 is 1.56 bits per heavy atom. The zero-order chi connectivity index (χ0) is 11.4. The average Bonchev–Trinajstić information content (AvgIpc) is 2.29. The van der Waals surface area contributed by atoms with Crippen molar-refractivity contribution in [3.8, 4) is 5.88 Å². The summed E-state index contributed by atoms with van der Waals surface area (Å²) >= 11 is 0. The highest BCUT2D eigenvalue weighted by atomic mass is 16.5. The van der Waals surface area contributed by atoms with Gasteiger partial charge in [-0.15, -0.1) is 0 Å². The van der Waals surface area contributed by atoms with E-state index in [9.17, 15) is 5.11 Å². The van der Waals surface area contributed by atoms with Crippen LogP contribution in [0.5, 0.6) is 5.88 Å². The van der Waals surface area contributed by atoms with Crippen LogP contribution in [0.4, 0.5) is 0 Å². The minimum absolute atomic E-state index is 0.581. The van der Waals surface area contributed by atoms with Crippen LogP contribution in [0, 0.1) is 0 Å². The van der Waals surface area contributed by atoms with Gasteiger partial charge in [-0.05, 0) is 25.5 Å². The van der Waals surface area contributed by atoms with Gasteiger partial charge in [0.05, 0.1) is 12.7 Å². The van der Waals surface area contributed by atoms with E-state index in [1.807, 2.05) is 18.2 Å². The standard InChI is InChI=1S/C12H18N2O2/c1-16-11-5-2-4-10(14-11)8-12(15)6-3-7-13-9-12/h2,4-5,13,15H,3,6-9H2,1H3. The van der Waals surface area contributed by atoms with Gasteiger partial charge in [-0.25, -0.2) is 4.98 Å². The van der Waals surface area contributed by atoms with Crippen LogP contribution in [0.1, 0.15) is 18.5 Å². The average molecular weight is 222 g/mol. The maximum absolute atomic E-state index is 10.3. The van der Waals surface area contributed by atoms with E-state index in [2.05, 4.69) is 10.3 Å². The molecule has 1 fully saturated rings. The summed E-state index contributed by atoms with van der Waals surface area (Å²) in [7, 11) is 1.60. The molecule has 16 heavy (non-hydrogen) atoms. The molecule has 0 amide bonds. The number of aromatic nitrogens is 1. The van der Waals surface area contributed by atoms with Crippen LogP contribution in [0.3, 0.4) is 0 Å². The number of aliphatic hydroxyl groups is 1. The Kier molecular flexibility index (Phi) is 3.41. The molecule has 0 radical (unpaired) electrons. The fourth-order valence-electron chi connectivity index (χ4n) is 2.11. The molecule has 4 heteroatoms. The molecule has 1 aromatic rings. The number of hydrogen-bond donors (Lipinski definition) is 2. The molecule has 1 aromatic heterocycles. The number of methoxy groups -OCH3 is 1. The molecule has 0 bridgehead atoms. The summed E-state index contributed by atoms with van der Waals surface area (Å²) in [5.41, 5.74) is 0.225. The van der Waals surface area contributed by atoms with Crippen LogP contribution in [0.2, 0.25) is 0 Å². The Hall–Kier alpha value is -1.13. The molecule has 1 aliphatic heterocycles. The monoisotopic (exact) mass is 222 g/mol. The van der Waals surface area contributed by atoms with Gasteiger partial charge in [-0.1, -0.05) is 6.07 Å². The Bertz CT molecular complexity index is 349. The summed E-state index contributed by atoms with van der Waals surface area (Å²) in [5.74, 6) is 0.602. The van der Waals surface area contributed by atoms with Crippen molar-refractivity contribution in [3.05, 3.63) is 23.9 Å². The van der Waals surface area contributed by atoms with Gasteiger partial charge in [-0.2, -0.15) is 0 Å². The second kappa shape index (κ2) is 4.80. The second-order valence-electron chi connectivity index (χ2n) is 4.35. The van der Waals surface area contributed by atoms with E-state index in [1.165, 1.54) is 0 Å². The zero-order valence-electron chi connectivity index (χ0n) is 9.57. The first-order chi connectivity index (χ1) is 7.72. The first-order valence-electron chi connectivity index (χ1n) is 5.65. The van der Waals surface area contributed by atoms with Gasteiger partial charge in [-0.3, -0.25) is 0 Å². The van der Waals surface area contributed by atoms with Crippen LogP contribution < -0.4 is 10.1 Å². The highest BCUT2D eigenvalue weighted by Crippen LogP contribution is 2.21. The molecule has 1 atom stereocenters. The summed E-state index contributed by atoms with van der Waals surface area (Å²) in [4.78, 5) is 4.32. The van der Waals surface area contributed by atoms with E-state index in [1.54, 1.807) is 7.11 Å². The Morgan fingerprint density at radius 2 is 2.44 bits per heavy atom. The number of nitrogens with one attached hydrogen (secondary N) is 1. The maximum Gasteiger partial charge on any atom is 0.213 e. The highest BCUT2D eigenvalue weighted by Gasteiger charge is 2.29. The predicted molar refractivity (Wildman–Crippen MR) is 61.5 cm³/mol. The van der Waals surface area contributed by atoms with E-state index in [-0.39, 0.29) is 0 Å². The Morgan fingerprint density at radius 3 is 3.12 bits per heavy atom. The minimum Gasteiger partial charge on any atom is -0.481 e. The van der Waals surface area contributed by atoms with E-state index < -0.39 is 5.60 Å². The van der Waals surface area contributed by atoms with Crippen LogP contribution >= 0.6 is 0 Å². The summed E-state index contributed by atoms with van der Waals surface area (Å²) in [5, 5.41) is 13.6. The van der Waals surface area contributed by atoms with E-state index >= 15 is 0 Å². The largest absolute Gasteiger partial charge is 0.481 e. The molecule has 1 aliphatic rings. The summed E-state index contributed by atoms with van der Waals surface area (Å²) < 4.78 is 5.07. The van der Waals surface area contributed by atoms with Crippen LogP contribution in [-0.2, 0) is 6.42 Å². The van der Waals surface area contributed by atoms with Crippen molar-refractivity contribution in [2.24, 2.45) is 0 Å². The molecule has 1 unspecified atom stereocenters. The van der Waals surface area contributed by atoms with E-state index in [0.29, 0.717) is 18.8 Å². The molecular weight excluding hydrogens is 204 g/mol. The number of β-amino-alcohol motifs (C(OH)–C–C–N with tert-alkyl or cyclic N) is 1. The molecule has 0 aromatic carbocycles. The van der Waals surface area contributed by atoms with Crippen molar-refractivity contribution in [2.75, 3.05) is 20.2 Å². The lowest BCUT2D eigenvalue weighted by Crippen LogP contribution is -2.47. The lowest BCUT2D eigenvalue weighted by molar-refractivity contribution is 0.0160. The highest BCUT2D eigenvalue weighted by molar-refractivity contribution is 5.17. The van der Waals surface area contributed by atoms with Crippen molar-refractivity contribution in [1.82, 2.24) is 10.3 Å². The van der Waals surface area contributed by atoms with Crippen molar-refractivity contribution in [1.29, 1.82) is 0 Å². The van der Waals surface area contributed by atoms with E-state index in [4.69, 9.17) is 4.74 Å². The minimum atomic E-state index is -0.655. The lowest BCUT2D eigenvalue weighted by Gasteiger charge is -2.32. The summed E-state index contributed by atoms with van der Waals surface area (Å²) in [6, 6.07) is 5.64. The van der Waals surface area contributed by atoms with Gasteiger partial charge in [0.1, 0.15) is 0 Å². The van der Waals surface area contributed by atoms with Gasteiger partial charge < -0.3 is 15.2 Å². The van der Waals surface area contributed by atoms with Crippen LogP contribution in [0.15, 0.2) is 18.2 Å². The first-order valence-corrected chi connectivity index (χ1v) is 5.65. The molecule has 2 heterocycles. The lowest BCUT2D eigenvalue weighted by atomic mass is 9.89. The van der Waals surface area contributed by atoms with Crippen molar-refractivity contribution >= 4 is 0 Å². The van der Waals surface area contributed by atoms with Gasteiger partial charge >= 0.3 is 0 Å². The fourth-order valence-corrected chi connectivity index (χ4v) is 2.11. The number of piperidine rings is 1. The molecule has 0 spiro atoms. The summed E-state index contributed by atoms with van der Waals surface area (Å²) in [6.07, 6.45) is 2.43. The fraction of sp³-hybridized carbons (Fsp3) is 0.583. The third-order valence-electron chi connectivity index (χ3n) is 2.95. The van der Waals surface area contributed by atoms with Gasteiger partial charge in [0.25, 0.3) is 0 Å². The number of nitrogens with zero attached hydrogens (tertiary/aromatic N) is 1. The van der Waals surface area contributed by atoms with Crippen molar-refractivity contribution in [3.63, 3.8) is 0 Å². The predicted octanol–water partition coefficient (Wildman–Crippen LogP) is 0.747. The quantitative estimate of drug-likeness (QED) is 0.792. The van der Waals surface area contributed by atoms with Gasteiger partial charge in [0, 0.05) is 24.7 Å². The molecule has 0 saturated carbocycles. The van der Waals surface area contributed by atoms with Gasteiger partial charge in [0.2, 0.25) is 5.88 Å². The number of ether oxygens (including phenoxy) is 1. The van der Waals surface area contributed by atoms with Crippen LogP contribution in [-0.4, -0.2) is 35.9 Å². The normalized spacial score (nSPS) is 25.4. The smallest absolute Gasteiger partial charge is 0.213 e. The molecule has 88 valence electrons. The number of hydrogen-bond acceptors (Lipinski definition) is 4. The molecule has 0 aliphatic carbocycles. The number of pyridine rings is 1. The Balaban J connectivity index is 2.07. The maximum atomic E-state index is 10.3. The molecule has 2 N–H and O–H groups in total. The van der Waals surface area contributed by atoms with Crippen LogP contribution in [0.25, 0.3) is 0 Å². The third-order valence-corrected chi connectivity index (χ3v) is 2.95. The molecular formula is C12H18N2O2. The SMILES string of the molecule is COc1cccc(CC2(O)CCCNC2)n1. The third kappa shape index (κ3) is 2.71. The first kappa shape index (κ1) is 11.4. The van der Waals surface area contributed by atoms with E-state index in [0.717, 1.165) is 25.1 Å². The molecule has 2 rings (SSSR count). The van der Waals surface area contributed by atoms with Crippen molar-refractivity contribution < 1.29 is 9.84 Å². The summed E-state index contributed by atoms with van der Waals surface area (Å²) in [6.45, 7) is 1.64. The Labute approximate surface area is 95.7 Å². The van der Waals surface area contributed by atoms with Gasteiger partial charge in [0.15, 0.2) is 0 Å². The van der Waals surface area contributed by atoms with Crippen molar-refractivity contribution in [2.45, 2.75) is 24.9 Å². The topological polar surface area (TPSA) is 54.4 Å². The molecule has 1 saturated heterocycles. The molecule has 4 nitrogen and oxygen atoms in total. The zero-order valence-corrected chi connectivity index (χ0v) is 9.57.